The molecule has 0 aliphatic carbocycles. The first kappa shape index (κ1) is 20.9. The number of methoxy groups -OCH3 is 1. The summed E-state index contributed by atoms with van der Waals surface area (Å²) >= 11 is 11.9. The highest BCUT2D eigenvalue weighted by Gasteiger charge is 2.25. The van der Waals surface area contributed by atoms with Gasteiger partial charge < -0.3 is 14.8 Å². The van der Waals surface area contributed by atoms with Gasteiger partial charge in [-0.05, 0) is 19.1 Å². The molecule has 0 atom stereocenters. The maximum Gasteiger partial charge on any atom is 0.358 e. The summed E-state index contributed by atoms with van der Waals surface area (Å²) in [6.45, 7) is 2.88. The van der Waals surface area contributed by atoms with Gasteiger partial charge in [0.2, 0.25) is 5.91 Å². The molecule has 0 saturated heterocycles. The molecule has 1 amide bonds. The number of hydrogen-bond donors (Lipinski definition) is 1. The molecule has 144 valence electrons. The molecule has 1 heterocycles. The van der Waals surface area contributed by atoms with E-state index in [4.69, 9.17) is 27.9 Å². The average molecular weight is 419 g/mol. The van der Waals surface area contributed by atoms with Gasteiger partial charge in [0.05, 0.1) is 40.7 Å². The van der Waals surface area contributed by atoms with E-state index in [0.717, 1.165) is 19.2 Å². The number of pyridine rings is 1. The van der Waals surface area contributed by atoms with Crippen LogP contribution >= 0.6 is 23.2 Å². The van der Waals surface area contributed by atoms with Crippen molar-refractivity contribution in [1.29, 1.82) is 0 Å². The van der Waals surface area contributed by atoms with E-state index in [1.165, 1.54) is 6.92 Å². The van der Waals surface area contributed by atoms with Crippen LogP contribution in [0.1, 0.15) is 24.3 Å². The fraction of sp³-hybridized carbons (Fsp3) is 0.235. The molecule has 0 fully saturated rings. The van der Waals surface area contributed by atoms with Crippen molar-refractivity contribution in [1.82, 2.24) is 4.98 Å². The van der Waals surface area contributed by atoms with Gasteiger partial charge in [-0.15, -0.1) is 0 Å². The lowest BCUT2D eigenvalue weighted by atomic mass is 10.1. The number of carbonyl (C=O) groups excluding carboxylic acids is 2. The third kappa shape index (κ3) is 4.28. The molecule has 1 aromatic heterocycles. The van der Waals surface area contributed by atoms with E-state index >= 15 is 0 Å². The Hall–Kier alpha value is -2.45. The minimum absolute atomic E-state index is 0.0683. The van der Waals surface area contributed by atoms with Crippen LogP contribution in [-0.4, -0.2) is 30.6 Å². The Bertz CT molecular complexity index is 923. The topological polar surface area (TPSA) is 77.5 Å². The lowest BCUT2D eigenvalue weighted by Gasteiger charge is -2.15. The molecule has 1 N–H and O–H groups in total. The van der Waals surface area contributed by atoms with Gasteiger partial charge in [0.25, 0.3) is 0 Å². The number of rotatable bonds is 5. The minimum atomic E-state index is -1.11. The van der Waals surface area contributed by atoms with Gasteiger partial charge in [-0.2, -0.15) is 0 Å². The van der Waals surface area contributed by atoms with Crippen molar-refractivity contribution < 1.29 is 27.8 Å². The highest BCUT2D eigenvalue weighted by atomic mass is 35.5. The molecule has 0 bridgehead atoms. The number of hydrogen-bond acceptors (Lipinski definition) is 5. The largest absolute Gasteiger partial charge is 0.489 e. The number of benzene rings is 1. The van der Waals surface area contributed by atoms with Crippen molar-refractivity contribution in [3.05, 3.63) is 39.5 Å². The van der Waals surface area contributed by atoms with Gasteiger partial charge in [-0.3, -0.25) is 4.79 Å². The second-order valence-corrected chi connectivity index (χ2v) is 5.97. The highest BCUT2D eigenvalue weighted by molar-refractivity contribution is 6.36. The normalized spacial score (nSPS) is 10.5. The third-order valence-corrected chi connectivity index (χ3v) is 3.98. The maximum absolute atomic E-state index is 14.9. The molecule has 0 unspecified atom stereocenters. The zero-order valence-corrected chi connectivity index (χ0v) is 16.0. The standard InChI is InChI=1S/C17H14Cl2F2N2O4/c1-4-27-16-8(18)5-9(20)12(14(16)21)10-6-11(22-7(2)24)13(19)15(23-10)17(25)26-3/h5-6H,4H2,1-3H3,(H,22,23,24). The number of ether oxygens (including phenoxy) is 2. The molecular weight excluding hydrogens is 405 g/mol. The van der Waals surface area contributed by atoms with Crippen LogP contribution in [0, 0.1) is 11.6 Å². The van der Waals surface area contributed by atoms with Crippen LogP contribution in [0.5, 0.6) is 5.75 Å². The number of anilines is 1. The number of esters is 1. The first-order chi connectivity index (χ1) is 12.7. The van der Waals surface area contributed by atoms with Gasteiger partial charge in [0.15, 0.2) is 17.3 Å². The summed E-state index contributed by atoms with van der Waals surface area (Å²) < 4.78 is 39.0. The number of carbonyl (C=O) groups is 2. The predicted octanol–water partition coefficient (Wildman–Crippen LogP) is 4.48. The summed E-state index contributed by atoms with van der Waals surface area (Å²) in [5.41, 5.74) is -1.40. The second kappa shape index (κ2) is 8.49. The van der Waals surface area contributed by atoms with Gasteiger partial charge >= 0.3 is 5.97 Å². The van der Waals surface area contributed by atoms with Crippen LogP contribution in [0.25, 0.3) is 11.3 Å². The molecule has 0 radical (unpaired) electrons. The maximum atomic E-state index is 14.9. The highest BCUT2D eigenvalue weighted by Crippen LogP contribution is 2.39. The van der Waals surface area contributed by atoms with Crippen molar-refractivity contribution >= 4 is 40.8 Å². The van der Waals surface area contributed by atoms with E-state index in [2.05, 4.69) is 15.0 Å². The molecule has 0 aliphatic heterocycles. The molecule has 27 heavy (non-hydrogen) atoms. The Morgan fingerprint density at radius 1 is 1.26 bits per heavy atom. The van der Waals surface area contributed by atoms with Crippen LogP contribution in [-0.2, 0) is 9.53 Å². The summed E-state index contributed by atoms with van der Waals surface area (Å²) in [5.74, 6) is -3.99. The van der Waals surface area contributed by atoms with Crippen LogP contribution in [0.15, 0.2) is 12.1 Å². The number of amides is 1. The SMILES string of the molecule is CCOc1c(Cl)cc(F)c(-c2cc(NC(C)=O)c(Cl)c(C(=O)OC)n2)c1F. The molecule has 1 aromatic carbocycles. The Balaban J connectivity index is 2.80. The zero-order valence-electron chi connectivity index (χ0n) is 14.5. The lowest BCUT2D eigenvalue weighted by molar-refractivity contribution is -0.114. The number of nitrogens with one attached hydrogen (secondary N) is 1. The third-order valence-electron chi connectivity index (χ3n) is 3.32. The summed E-state index contributed by atoms with van der Waals surface area (Å²) in [4.78, 5) is 27.2. The predicted molar refractivity (Wildman–Crippen MR) is 96.4 cm³/mol. The van der Waals surface area contributed by atoms with Crippen LogP contribution in [0.2, 0.25) is 10.0 Å². The summed E-state index contributed by atoms with van der Waals surface area (Å²) in [5, 5.41) is 1.87. The van der Waals surface area contributed by atoms with E-state index in [1.807, 2.05) is 0 Å². The number of aromatic nitrogens is 1. The summed E-state index contributed by atoms with van der Waals surface area (Å²) in [6, 6.07) is 1.98. The van der Waals surface area contributed by atoms with Crippen molar-refractivity contribution in [2.75, 3.05) is 19.0 Å². The average Bonchev–Trinajstić information content (AvgIpc) is 2.59. The van der Waals surface area contributed by atoms with Gasteiger partial charge in [0, 0.05) is 6.92 Å². The number of nitrogens with zero attached hydrogens (tertiary/aromatic N) is 1. The van der Waals surface area contributed by atoms with Crippen LogP contribution in [0.3, 0.4) is 0 Å². The summed E-state index contributed by atoms with van der Waals surface area (Å²) in [7, 11) is 1.09. The van der Waals surface area contributed by atoms with Crippen LogP contribution < -0.4 is 10.1 Å². The van der Waals surface area contributed by atoms with Crippen LogP contribution in [0.4, 0.5) is 14.5 Å². The second-order valence-electron chi connectivity index (χ2n) is 5.18. The van der Waals surface area contributed by atoms with E-state index in [9.17, 15) is 18.4 Å². The van der Waals surface area contributed by atoms with Crippen molar-refractivity contribution in [3.63, 3.8) is 0 Å². The molecule has 2 aromatic rings. The van der Waals surface area contributed by atoms with E-state index in [-0.39, 0.29) is 33.8 Å². The number of halogens is 4. The van der Waals surface area contributed by atoms with Crippen molar-refractivity contribution in [2.45, 2.75) is 13.8 Å². The molecule has 0 spiro atoms. The fourth-order valence-corrected chi connectivity index (χ4v) is 2.71. The molecule has 6 nitrogen and oxygen atoms in total. The van der Waals surface area contributed by atoms with Gasteiger partial charge in [-0.1, -0.05) is 23.2 Å². The Morgan fingerprint density at radius 2 is 1.93 bits per heavy atom. The first-order valence-electron chi connectivity index (χ1n) is 7.58. The van der Waals surface area contributed by atoms with Gasteiger partial charge in [0.1, 0.15) is 5.82 Å². The van der Waals surface area contributed by atoms with Gasteiger partial charge in [-0.25, -0.2) is 18.6 Å². The Kier molecular flexibility index (Phi) is 6.56. The molecule has 0 saturated carbocycles. The molecule has 0 aliphatic rings. The summed E-state index contributed by atoms with van der Waals surface area (Å²) in [6.07, 6.45) is 0. The zero-order chi connectivity index (χ0) is 20.3. The monoisotopic (exact) mass is 418 g/mol. The molecular formula is C17H14Cl2F2N2O4. The van der Waals surface area contributed by atoms with Crippen molar-refractivity contribution in [3.8, 4) is 17.0 Å². The first-order valence-corrected chi connectivity index (χ1v) is 8.33. The fourth-order valence-electron chi connectivity index (χ4n) is 2.25. The minimum Gasteiger partial charge on any atom is -0.489 e. The van der Waals surface area contributed by atoms with E-state index in [1.54, 1.807) is 6.92 Å². The Labute approximate surface area is 163 Å². The smallest absolute Gasteiger partial charge is 0.358 e. The van der Waals surface area contributed by atoms with E-state index < -0.39 is 34.8 Å². The molecule has 10 heteroatoms. The Morgan fingerprint density at radius 3 is 2.48 bits per heavy atom. The molecule has 2 rings (SSSR count). The van der Waals surface area contributed by atoms with E-state index in [0.29, 0.717) is 0 Å². The quantitative estimate of drug-likeness (QED) is 0.724. The van der Waals surface area contributed by atoms with Crippen molar-refractivity contribution in [2.24, 2.45) is 0 Å². The lowest BCUT2D eigenvalue weighted by Crippen LogP contribution is -2.12.